The fourth-order valence-electron chi connectivity index (χ4n) is 1.48. The van der Waals surface area contributed by atoms with Gasteiger partial charge in [0.05, 0.1) is 6.10 Å². The summed E-state index contributed by atoms with van der Waals surface area (Å²) < 4.78 is 13.3. The number of nitrogens with two attached hydrogens (primary N) is 1. The highest BCUT2D eigenvalue weighted by atomic mass is 35.5. The molecule has 0 aromatic heterocycles. The molecule has 14 heavy (non-hydrogen) atoms. The van der Waals surface area contributed by atoms with Gasteiger partial charge in [0.15, 0.2) is 0 Å². The molecule has 0 heterocycles. The normalized spacial score (nSPS) is 13.0. The van der Waals surface area contributed by atoms with Gasteiger partial charge in [-0.1, -0.05) is 11.6 Å². The zero-order valence-electron chi connectivity index (χ0n) is 8.14. The third-order valence-corrected chi connectivity index (χ3v) is 2.73. The Morgan fingerprint density at radius 3 is 2.57 bits per heavy atom. The zero-order valence-corrected chi connectivity index (χ0v) is 8.90. The van der Waals surface area contributed by atoms with Crippen LogP contribution >= 0.6 is 11.6 Å². The minimum Gasteiger partial charge on any atom is -0.387 e. The lowest BCUT2D eigenvalue weighted by molar-refractivity contribution is 0.184. The Bertz CT molecular complexity index is 328. The van der Waals surface area contributed by atoms with Crippen LogP contribution < -0.4 is 5.73 Å². The van der Waals surface area contributed by atoms with Crippen molar-refractivity contribution in [2.24, 2.45) is 5.73 Å². The summed E-state index contributed by atoms with van der Waals surface area (Å²) in [5, 5.41) is 9.90. The van der Waals surface area contributed by atoms with Crippen LogP contribution in [0, 0.1) is 19.7 Å². The number of benzene rings is 1. The van der Waals surface area contributed by atoms with E-state index >= 15 is 0 Å². The van der Waals surface area contributed by atoms with E-state index in [0.717, 1.165) is 0 Å². The summed E-state index contributed by atoms with van der Waals surface area (Å²) in [5.41, 5.74) is 6.92. The molecule has 4 heteroatoms. The maximum Gasteiger partial charge on any atom is 0.127 e. The Balaban J connectivity index is 3.39. The third kappa shape index (κ3) is 1.90. The van der Waals surface area contributed by atoms with Crippen LogP contribution in [0.3, 0.4) is 0 Å². The minimum atomic E-state index is -0.858. The predicted octanol–water partition coefficient (Wildman–Crippen LogP) is 2.09. The first-order chi connectivity index (χ1) is 6.49. The summed E-state index contributed by atoms with van der Waals surface area (Å²) in [6.07, 6.45) is -0.858. The minimum absolute atomic E-state index is 0.0570. The van der Waals surface area contributed by atoms with Crippen molar-refractivity contribution in [2.45, 2.75) is 20.0 Å². The molecular formula is C10H13ClFNO. The quantitative estimate of drug-likeness (QED) is 0.797. The molecule has 1 aromatic rings. The van der Waals surface area contributed by atoms with Crippen molar-refractivity contribution in [1.29, 1.82) is 0 Å². The molecule has 0 bridgehead atoms. The Morgan fingerprint density at radius 1 is 1.50 bits per heavy atom. The van der Waals surface area contributed by atoms with Gasteiger partial charge in [0.25, 0.3) is 0 Å². The molecule has 0 saturated heterocycles. The molecule has 1 atom stereocenters. The van der Waals surface area contributed by atoms with E-state index in [0.29, 0.717) is 21.7 Å². The average Bonchev–Trinajstić information content (AvgIpc) is 2.15. The highest BCUT2D eigenvalue weighted by Gasteiger charge is 2.17. The van der Waals surface area contributed by atoms with Gasteiger partial charge in [-0.15, -0.1) is 0 Å². The molecule has 1 aromatic carbocycles. The molecule has 0 amide bonds. The van der Waals surface area contributed by atoms with Gasteiger partial charge >= 0.3 is 0 Å². The molecule has 1 rings (SSSR count). The van der Waals surface area contributed by atoms with Crippen LogP contribution in [0.5, 0.6) is 0 Å². The SMILES string of the molecule is Cc1c(F)cc(Cl)c(C)c1C(O)CN. The fraction of sp³-hybridized carbons (Fsp3) is 0.400. The van der Waals surface area contributed by atoms with Gasteiger partial charge in [-0.05, 0) is 36.6 Å². The molecule has 0 saturated carbocycles. The lowest BCUT2D eigenvalue weighted by Gasteiger charge is -2.16. The Labute approximate surface area is 87.5 Å². The summed E-state index contributed by atoms with van der Waals surface area (Å²) in [7, 11) is 0. The monoisotopic (exact) mass is 217 g/mol. The molecule has 3 N–H and O–H groups in total. The van der Waals surface area contributed by atoms with Crippen LogP contribution in [0.25, 0.3) is 0 Å². The molecule has 78 valence electrons. The second kappa shape index (κ2) is 4.26. The number of hydrogen-bond donors (Lipinski definition) is 2. The van der Waals surface area contributed by atoms with Gasteiger partial charge in [-0.3, -0.25) is 0 Å². The first-order valence-electron chi connectivity index (χ1n) is 4.32. The smallest absolute Gasteiger partial charge is 0.127 e. The van der Waals surface area contributed by atoms with E-state index in [1.165, 1.54) is 6.07 Å². The molecular weight excluding hydrogens is 205 g/mol. The molecule has 0 spiro atoms. The third-order valence-electron chi connectivity index (χ3n) is 2.33. The summed E-state index contributed by atoms with van der Waals surface area (Å²) >= 11 is 5.80. The average molecular weight is 218 g/mol. The second-order valence-corrected chi connectivity index (χ2v) is 3.66. The molecule has 0 radical (unpaired) electrons. The van der Waals surface area contributed by atoms with Gasteiger partial charge in [-0.2, -0.15) is 0 Å². The van der Waals surface area contributed by atoms with Gasteiger partial charge in [-0.25, -0.2) is 4.39 Å². The lowest BCUT2D eigenvalue weighted by atomic mass is 9.97. The van der Waals surface area contributed by atoms with Crippen LogP contribution in [-0.2, 0) is 0 Å². The molecule has 2 nitrogen and oxygen atoms in total. The molecule has 0 fully saturated rings. The molecule has 0 aliphatic carbocycles. The van der Waals surface area contributed by atoms with Crippen molar-refractivity contribution < 1.29 is 9.50 Å². The van der Waals surface area contributed by atoms with E-state index in [4.69, 9.17) is 17.3 Å². The van der Waals surface area contributed by atoms with Crippen LogP contribution in [0.4, 0.5) is 4.39 Å². The van der Waals surface area contributed by atoms with E-state index in [1.807, 2.05) is 0 Å². The van der Waals surface area contributed by atoms with Gasteiger partial charge in [0, 0.05) is 11.6 Å². The van der Waals surface area contributed by atoms with Crippen molar-refractivity contribution in [3.8, 4) is 0 Å². The van der Waals surface area contributed by atoms with E-state index in [9.17, 15) is 9.50 Å². The number of rotatable bonds is 2. The summed E-state index contributed by atoms with van der Waals surface area (Å²) in [6, 6.07) is 1.25. The maximum absolute atomic E-state index is 13.3. The first kappa shape index (κ1) is 11.4. The molecule has 0 aliphatic heterocycles. The summed E-state index contributed by atoms with van der Waals surface area (Å²) in [6.45, 7) is 3.40. The number of aliphatic hydroxyl groups excluding tert-OH is 1. The summed E-state index contributed by atoms with van der Waals surface area (Å²) in [4.78, 5) is 0. The molecule has 0 aliphatic rings. The second-order valence-electron chi connectivity index (χ2n) is 3.26. The van der Waals surface area contributed by atoms with Crippen molar-refractivity contribution in [2.75, 3.05) is 6.54 Å². The highest BCUT2D eigenvalue weighted by molar-refractivity contribution is 6.31. The van der Waals surface area contributed by atoms with E-state index < -0.39 is 11.9 Å². The van der Waals surface area contributed by atoms with E-state index in [-0.39, 0.29) is 6.54 Å². The Hall–Kier alpha value is -0.640. The maximum atomic E-state index is 13.3. The van der Waals surface area contributed by atoms with Crippen LogP contribution in [0.1, 0.15) is 22.8 Å². The zero-order chi connectivity index (χ0) is 10.9. The van der Waals surface area contributed by atoms with E-state index in [2.05, 4.69) is 0 Å². The summed E-state index contributed by atoms with van der Waals surface area (Å²) in [5.74, 6) is -0.414. The molecule has 1 unspecified atom stereocenters. The van der Waals surface area contributed by atoms with Gasteiger partial charge < -0.3 is 10.8 Å². The largest absolute Gasteiger partial charge is 0.387 e. The number of halogens is 2. The van der Waals surface area contributed by atoms with Crippen LogP contribution in [0.2, 0.25) is 5.02 Å². The van der Waals surface area contributed by atoms with E-state index in [1.54, 1.807) is 13.8 Å². The highest BCUT2D eigenvalue weighted by Crippen LogP contribution is 2.29. The van der Waals surface area contributed by atoms with Gasteiger partial charge in [0.1, 0.15) is 5.82 Å². The van der Waals surface area contributed by atoms with Crippen molar-refractivity contribution in [3.63, 3.8) is 0 Å². The van der Waals surface area contributed by atoms with Crippen LogP contribution in [-0.4, -0.2) is 11.7 Å². The van der Waals surface area contributed by atoms with Crippen LogP contribution in [0.15, 0.2) is 6.07 Å². The standard InChI is InChI=1S/C10H13ClFNO/c1-5-7(11)3-8(12)6(2)10(5)9(14)4-13/h3,9,14H,4,13H2,1-2H3. The predicted molar refractivity (Wildman–Crippen MR) is 54.9 cm³/mol. The Kier molecular flexibility index (Phi) is 3.48. The topological polar surface area (TPSA) is 46.2 Å². The van der Waals surface area contributed by atoms with Crippen molar-refractivity contribution >= 4 is 11.6 Å². The number of hydrogen-bond acceptors (Lipinski definition) is 2. The lowest BCUT2D eigenvalue weighted by Crippen LogP contribution is -2.15. The van der Waals surface area contributed by atoms with Crippen molar-refractivity contribution in [1.82, 2.24) is 0 Å². The van der Waals surface area contributed by atoms with Gasteiger partial charge in [0.2, 0.25) is 0 Å². The first-order valence-corrected chi connectivity index (χ1v) is 4.70. The fourth-order valence-corrected chi connectivity index (χ4v) is 1.68. The Morgan fingerprint density at radius 2 is 2.07 bits per heavy atom. The number of aliphatic hydroxyl groups is 1. The van der Waals surface area contributed by atoms with Crippen molar-refractivity contribution in [3.05, 3.63) is 33.6 Å².